The predicted octanol–water partition coefficient (Wildman–Crippen LogP) is 4.46. The summed E-state index contributed by atoms with van der Waals surface area (Å²) in [5.74, 6) is 0.561. The molecule has 5 nitrogen and oxygen atoms in total. The van der Waals surface area contributed by atoms with Gasteiger partial charge in [-0.05, 0) is 55.6 Å². The Hall–Kier alpha value is -2.86. The summed E-state index contributed by atoms with van der Waals surface area (Å²) in [5, 5.41) is 7.44. The number of carbonyl (C=O) groups is 2. The van der Waals surface area contributed by atoms with Gasteiger partial charge in [-0.3, -0.25) is 9.59 Å². The minimum Gasteiger partial charge on any atom is -0.456 e. The third-order valence-corrected chi connectivity index (χ3v) is 4.26. The summed E-state index contributed by atoms with van der Waals surface area (Å²) in [6.45, 7) is 3.63. The number of benzene rings is 1. The van der Waals surface area contributed by atoms with Gasteiger partial charge in [-0.1, -0.05) is 6.07 Å². The van der Waals surface area contributed by atoms with Gasteiger partial charge in [0.25, 0.3) is 11.8 Å². The molecule has 0 saturated heterocycles. The molecule has 2 heterocycles. The Labute approximate surface area is 143 Å². The van der Waals surface area contributed by atoms with Crippen molar-refractivity contribution in [1.82, 2.24) is 0 Å². The molecule has 0 radical (unpaired) electrons. The first-order chi connectivity index (χ1) is 11.5. The lowest BCUT2D eigenvalue weighted by molar-refractivity contribution is 0.0992. The van der Waals surface area contributed by atoms with Gasteiger partial charge in [0.2, 0.25) is 0 Å². The number of hydrogen-bond acceptors (Lipinski definition) is 4. The van der Waals surface area contributed by atoms with Gasteiger partial charge in [-0.15, -0.1) is 11.3 Å². The smallest absolute Gasteiger partial charge is 0.291 e. The Morgan fingerprint density at radius 2 is 1.58 bits per heavy atom. The molecule has 122 valence electrons. The average Bonchev–Trinajstić information content (AvgIpc) is 3.19. The Balaban J connectivity index is 1.65. The lowest BCUT2D eigenvalue weighted by Crippen LogP contribution is -2.13. The van der Waals surface area contributed by atoms with Crippen molar-refractivity contribution in [2.75, 3.05) is 10.6 Å². The van der Waals surface area contributed by atoms with E-state index in [1.54, 1.807) is 37.3 Å². The van der Waals surface area contributed by atoms with Crippen molar-refractivity contribution in [2.45, 2.75) is 13.8 Å². The molecule has 24 heavy (non-hydrogen) atoms. The summed E-state index contributed by atoms with van der Waals surface area (Å²) < 4.78 is 5.40. The summed E-state index contributed by atoms with van der Waals surface area (Å²) in [4.78, 5) is 24.8. The molecule has 0 spiro atoms. The lowest BCUT2D eigenvalue weighted by atomic mass is 10.2. The summed E-state index contributed by atoms with van der Waals surface area (Å²) >= 11 is 1.38. The first kappa shape index (κ1) is 16.0. The quantitative estimate of drug-likeness (QED) is 0.736. The monoisotopic (exact) mass is 340 g/mol. The molecule has 0 aliphatic rings. The zero-order valence-corrected chi connectivity index (χ0v) is 14.1. The van der Waals surface area contributed by atoms with E-state index < -0.39 is 0 Å². The third kappa shape index (κ3) is 3.55. The van der Waals surface area contributed by atoms with Crippen LogP contribution in [0.1, 0.15) is 31.6 Å². The fraction of sp³-hybridized carbons (Fsp3) is 0.111. The largest absolute Gasteiger partial charge is 0.456 e. The van der Waals surface area contributed by atoms with Crippen molar-refractivity contribution in [3.63, 3.8) is 0 Å². The highest BCUT2D eigenvalue weighted by molar-refractivity contribution is 7.12. The van der Waals surface area contributed by atoms with Gasteiger partial charge < -0.3 is 15.1 Å². The summed E-state index contributed by atoms with van der Waals surface area (Å²) in [5.41, 5.74) is 2.09. The van der Waals surface area contributed by atoms with Crippen molar-refractivity contribution in [1.29, 1.82) is 0 Å². The van der Waals surface area contributed by atoms with Crippen LogP contribution in [0.15, 0.2) is 52.3 Å². The maximum absolute atomic E-state index is 12.2. The standard InChI is InChI=1S/C18H16N2O3S/c1-11-10-12(2)23-16(11)18(22)20-14-7-5-13(6-8-14)19-17(21)15-4-3-9-24-15/h3-10H,1-2H3,(H,19,21)(H,20,22). The van der Waals surface area contributed by atoms with Gasteiger partial charge >= 0.3 is 0 Å². The molecule has 0 atom stereocenters. The highest BCUT2D eigenvalue weighted by atomic mass is 32.1. The topological polar surface area (TPSA) is 71.3 Å². The van der Waals surface area contributed by atoms with Crippen LogP contribution in [0, 0.1) is 13.8 Å². The maximum atomic E-state index is 12.2. The zero-order chi connectivity index (χ0) is 17.1. The second kappa shape index (κ2) is 6.72. The molecule has 2 N–H and O–H groups in total. The Morgan fingerprint density at radius 1 is 0.958 bits per heavy atom. The minimum absolute atomic E-state index is 0.150. The van der Waals surface area contributed by atoms with Gasteiger partial charge in [-0.2, -0.15) is 0 Å². The van der Waals surface area contributed by atoms with E-state index in [0.29, 0.717) is 27.8 Å². The first-order valence-electron chi connectivity index (χ1n) is 7.36. The molecule has 2 amide bonds. The number of furan rings is 1. The number of hydrogen-bond donors (Lipinski definition) is 2. The number of anilines is 2. The van der Waals surface area contributed by atoms with Crippen LogP contribution in [0.5, 0.6) is 0 Å². The van der Waals surface area contributed by atoms with E-state index in [-0.39, 0.29) is 11.8 Å². The number of carbonyl (C=O) groups excluding carboxylic acids is 2. The third-order valence-electron chi connectivity index (χ3n) is 3.39. The number of nitrogens with one attached hydrogen (secondary N) is 2. The Kier molecular flexibility index (Phi) is 4.48. The number of amides is 2. The molecule has 6 heteroatoms. The number of rotatable bonds is 4. The molecule has 0 bridgehead atoms. The van der Waals surface area contributed by atoms with Gasteiger partial charge in [0.15, 0.2) is 5.76 Å². The van der Waals surface area contributed by atoms with Crippen LogP contribution < -0.4 is 10.6 Å². The highest BCUT2D eigenvalue weighted by Gasteiger charge is 2.14. The molecule has 0 aliphatic carbocycles. The summed E-state index contributed by atoms with van der Waals surface area (Å²) in [6.07, 6.45) is 0. The maximum Gasteiger partial charge on any atom is 0.291 e. The molecule has 1 aromatic carbocycles. The molecule has 3 rings (SSSR count). The van der Waals surface area contributed by atoms with Crippen LogP contribution >= 0.6 is 11.3 Å². The van der Waals surface area contributed by atoms with E-state index in [2.05, 4.69) is 10.6 Å². The molecule has 0 fully saturated rings. The van der Waals surface area contributed by atoms with Crippen LogP contribution in [0.25, 0.3) is 0 Å². The Bertz CT molecular complexity index is 864. The van der Waals surface area contributed by atoms with Gasteiger partial charge in [0.05, 0.1) is 4.88 Å². The van der Waals surface area contributed by atoms with Crippen molar-refractivity contribution < 1.29 is 14.0 Å². The van der Waals surface area contributed by atoms with Crippen LogP contribution in [-0.2, 0) is 0 Å². The van der Waals surface area contributed by atoms with E-state index in [0.717, 1.165) is 5.56 Å². The zero-order valence-electron chi connectivity index (χ0n) is 13.3. The molecular formula is C18H16N2O3S. The molecule has 0 unspecified atom stereocenters. The van der Waals surface area contributed by atoms with E-state index in [4.69, 9.17) is 4.42 Å². The van der Waals surface area contributed by atoms with Crippen molar-refractivity contribution >= 4 is 34.5 Å². The van der Waals surface area contributed by atoms with E-state index in [9.17, 15) is 9.59 Å². The van der Waals surface area contributed by atoms with Crippen molar-refractivity contribution in [2.24, 2.45) is 0 Å². The molecule has 0 aliphatic heterocycles. The fourth-order valence-corrected chi connectivity index (χ4v) is 2.91. The van der Waals surface area contributed by atoms with E-state index in [1.165, 1.54) is 11.3 Å². The van der Waals surface area contributed by atoms with Gasteiger partial charge in [0, 0.05) is 16.9 Å². The first-order valence-corrected chi connectivity index (χ1v) is 8.24. The second-order valence-corrected chi connectivity index (χ2v) is 6.28. The van der Waals surface area contributed by atoms with Gasteiger partial charge in [-0.25, -0.2) is 0 Å². The highest BCUT2D eigenvalue weighted by Crippen LogP contribution is 2.19. The van der Waals surface area contributed by atoms with Crippen LogP contribution in [0.2, 0.25) is 0 Å². The fourth-order valence-electron chi connectivity index (χ4n) is 2.29. The average molecular weight is 340 g/mol. The molecule has 3 aromatic rings. The lowest BCUT2D eigenvalue weighted by Gasteiger charge is -2.07. The van der Waals surface area contributed by atoms with E-state index in [1.807, 2.05) is 24.4 Å². The number of thiophene rings is 1. The molecule has 2 aromatic heterocycles. The minimum atomic E-state index is -0.295. The summed E-state index contributed by atoms with van der Waals surface area (Å²) in [6, 6.07) is 12.3. The summed E-state index contributed by atoms with van der Waals surface area (Å²) in [7, 11) is 0. The molecular weight excluding hydrogens is 324 g/mol. The van der Waals surface area contributed by atoms with Crippen LogP contribution in [0.4, 0.5) is 11.4 Å². The van der Waals surface area contributed by atoms with Crippen molar-refractivity contribution in [3.8, 4) is 0 Å². The van der Waals surface area contributed by atoms with Gasteiger partial charge in [0.1, 0.15) is 5.76 Å². The van der Waals surface area contributed by atoms with E-state index >= 15 is 0 Å². The van der Waals surface area contributed by atoms with Crippen molar-refractivity contribution in [3.05, 3.63) is 69.8 Å². The molecule has 0 saturated carbocycles. The normalized spacial score (nSPS) is 10.4. The van der Waals surface area contributed by atoms with Crippen LogP contribution in [-0.4, -0.2) is 11.8 Å². The van der Waals surface area contributed by atoms with Crippen LogP contribution in [0.3, 0.4) is 0 Å². The second-order valence-electron chi connectivity index (χ2n) is 5.33. The Morgan fingerprint density at radius 3 is 2.08 bits per heavy atom. The number of aryl methyl sites for hydroxylation is 2. The predicted molar refractivity (Wildman–Crippen MR) is 94.8 cm³/mol. The SMILES string of the molecule is Cc1cc(C)c(C(=O)Nc2ccc(NC(=O)c3cccs3)cc2)o1.